The van der Waals surface area contributed by atoms with Crippen LogP contribution in [0.25, 0.3) is 0 Å². The molecule has 0 fully saturated rings. The molecule has 6 nitrogen and oxygen atoms in total. The lowest BCUT2D eigenvalue weighted by Gasteiger charge is -2.16. The molecule has 0 spiro atoms. The summed E-state index contributed by atoms with van der Waals surface area (Å²) in [5, 5.41) is 2.79. The van der Waals surface area contributed by atoms with Gasteiger partial charge in [-0.15, -0.1) is 11.8 Å². The lowest BCUT2D eigenvalue weighted by Crippen LogP contribution is -2.30. The van der Waals surface area contributed by atoms with Crippen LogP contribution in [0.5, 0.6) is 0 Å². The Morgan fingerprint density at radius 3 is 2.45 bits per heavy atom. The molecular formula is C22H26N2O4S. The van der Waals surface area contributed by atoms with Gasteiger partial charge in [-0.1, -0.05) is 29.8 Å². The van der Waals surface area contributed by atoms with E-state index in [0.29, 0.717) is 16.1 Å². The van der Waals surface area contributed by atoms with Crippen LogP contribution in [-0.4, -0.2) is 48.6 Å². The summed E-state index contributed by atoms with van der Waals surface area (Å²) in [7, 11) is 3.36. The van der Waals surface area contributed by atoms with Gasteiger partial charge < -0.3 is 15.0 Å². The molecule has 0 radical (unpaired) electrons. The standard InChI is InChI=1S/C22H26N2O4S/c1-14-10-11-18(15(2)12-14)23-21(26)16(3)28-22(27)17-8-6-7-9-19(17)29-13-20(25)24(4)5/h6-12,16H,13H2,1-5H3,(H,23,26)/t16-/m1/s1. The van der Waals surface area contributed by atoms with Crippen LogP contribution in [0.1, 0.15) is 28.4 Å². The first-order chi connectivity index (χ1) is 13.7. The number of hydrogen-bond acceptors (Lipinski definition) is 5. The SMILES string of the molecule is Cc1ccc(NC(=O)[C@@H](C)OC(=O)c2ccccc2SCC(=O)N(C)C)c(C)c1. The van der Waals surface area contributed by atoms with E-state index in [1.807, 2.05) is 32.0 Å². The van der Waals surface area contributed by atoms with Gasteiger partial charge in [-0.05, 0) is 44.5 Å². The number of rotatable bonds is 7. The van der Waals surface area contributed by atoms with Gasteiger partial charge in [0.15, 0.2) is 6.10 Å². The second kappa shape index (κ2) is 10.1. The number of anilines is 1. The van der Waals surface area contributed by atoms with E-state index in [4.69, 9.17) is 4.74 Å². The molecule has 0 bridgehead atoms. The molecule has 2 rings (SSSR count). The molecule has 0 saturated carbocycles. The molecule has 0 unspecified atom stereocenters. The number of carbonyl (C=O) groups excluding carboxylic acids is 3. The summed E-state index contributed by atoms with van der Waals surface area (Å²) in [4.78, 5) is 39.0. The molecule has 0 heterocycles. The molecule has 0 aromatic heterocycles. The number of carbonyl (C=O) groups is 3. The first kappa shape index (κ1) is 22.5. The molecule has 0 aliphatic carbocycles. The van der Waals surface area contributed by atoms with Crippen molar-refractivity contribution in [2.24, 2.45) is 0 Å². The van der Waals surface area contributed by atoms with Crippen molar-refractivity contribution in [1.29, 1.82) is 0 Å². The summed E-state index contributed by atoms with van der Waals surface area (Å²) in [6.45, 7) is 5.41. The lowest BCUT2D eigenvalue weighted by atomic mass is 10.1. The van der Waals surface area contributed by atoms with E-state index in [1.165, 1.54) is 23.6 Å². The number of benzene rings is 2. The average molecular weight is 415 g/mol. The first-order valence-corrected chi connectivity index (χ1v) is 10.2. The Bertz CT molecular complexity index is 911. The number of hydrogen-bond donors (Lipinski definition) is 1. The van der Waals surface area contributed by atoms with E-state index < -0.39 is 18.0 Å². The van der Waals surface area contributed by atoms with Crippen molar-refractivity contribution in [3.05, 3.63) is 59.2 Å². The topological polar surface area (TPSA) is 75.7 Å². The molecule has 0 aliphatic heterocycles. The number of ether oxygens (including phenoxy) is 1. The van der Waals surface area contributed by atoms with Crippen molar-refractivity contribution in [1.82, 2.24) is 4.90 Å². The van der Waals surface area contributed by atoms with Gasteiger partial charge in [-0.25, -0.2) is 4.79 Å². The number of nitrogens with zero attached hydrogens (tertiary/aromatic N) is 1. The van der Waals surface area contributed by atoms with Gasteiger partial charge in [-0.3, -0.25) is 9.59 Å². The van der Waals surface area contributed by atoms with E-state index in [9.17, 15) is 14.4 Å². The van der Waals surface area contributed by atoms with E-state index in [0.717, 1.165) is 11.1 Å². The monoisotopic (exact) mass is 414 g/mol. The Hall–Kier alpha value is -2.80. The van der Waals surface area contributed by atoms with Crippen LogP contribution in [0.15, 0.2) is 47.4 Å². The highest BCUT2D eigenvalue weighted by Crippen LogP contribution is 2.24. The van der Waals surface area contributed by atoms with Gasteiger partial charge in [0.2, 0.25) is 5.91 Å². The van der Waals surface area contributed by atoms with E-state index in [-0.39, 0.29) is 11.7 Å². The number of esters is 1. The largest absolute Gasteiger partial charge is 0.449 e. The second-order valence-electron chi connectivity index (χ2n) is 6.93. The maximum Gasteiger partial charge on any atom is 0.340 e. The van der Waals surface area contributed by atoms with Gasteiger partial charge in [0, 0.05) is 24.7 Å². The minimum Gasteiger partial charge on any atom is -0.449 e. The first-order valence-electron chi connectivity index (χ1n) is 9.20. The average Bonchev–Trinajstić information content (AvgIpc) is 2.68. The molecule has 7 heteroatoms. The maximum absolute atomic E-state index is 12.6. The summed E-state index contributed by atoms with van der Waals surface area (Å²) in [5.74, 6) is -0.855. The van der Waals surface area contributed by atoms with Gasteiger partial charge in [0.05, 0.1) is 11.3 Å². The molecule has 154 valence electrons. The zero-order valence-corrected chi connectivity index (χ0v) is 18.1. The molecular weight excluding hydrogens is 388 g/mol. The Kier molecular flexibility index (Phi) is 7.84. The quantitative estimate of drug-likeness (QED) is 0.553. The number of aryl methyl sites for hydroxylation is 2. The summed E-state index contributed by atoms with van der Waals surface area (Å²) in [6.07, 6.45) is -0.968. The van der Waals surface area contributed by atoms with Gasteiger partial charge in [0.1, 0.15) is 0 Å². The van der Waals surface area contributed by atoms with Crippen LogP contribution in [0.2, 0.25) is 0 Å². The van der Waals surface area contributed by atoms with Crippen molar-refractivity contribution in [3.8, 4) is 0 Å². The third kappa shape index (κ3) is 6.35. The van der Waals surface area contributed by atoms with Gasteiger partial charge in [0.25, 0.3) is 5.91 Å². The van der Waals surface area contributed by atoms with Crippen LogP contribution in [0, 0.1) is 13.8 Å². The summed E-state index contributed by atoms with van der Waals surface area (Å²) in [5.41, 5.74) is 3.04. The molecule has 2 aromatic carbocycles. The summed E-state index contributed by atoms with van der Waals surface area (Å²) < 4.78 is 5.37. The van der Waals surface area contributed by atoms with Crippen LogP contribution >= 0.6 is 11.8 Å². The minimum atomic E-state index is -0.968. The normalized spacial score (nSPS) is 11.5. The third-order valence-electron chi connectivity index (χ3n) is 4.25. The fourth-order valence-corrected chi connectivity index (χ4v) is 3.51. The molecule has 1 atom stereocenters. The van der Waals surface area contributed by atoms with E-state index in [1.54, 1.807) is 38.4 Å². The fourth-order valence-electron chi connectivity index (χ4n) is 2.50. The predicted molar refractivity (Wildman–Crippen MR) is 115 cm³/mol. The number of amides is 2. The Morgan fingerprint density at radius 1 is 1.10 bits per heavy atom. The molecule has 1 N–H and O–H groups in total. The fraction of sp³-hybridized carbons (Fsp3) is 0.318. The maximum atomic E-state index is 12.6. The van der Waals surface area contributed by atoms with Crippen molar-refractivity contribution in [3.63, 3.8) is 0 Å². The Morgan fingerprint density at radius 2 is 1.79 bits per heavy atom. The van der Waals surface area contributed by atoms with Crippen molar-refractivity contribution in [2.45, 2.75) is 31.8 Å². The highest BCUT2D eigenvalue weighted by atomic mass is 32.2. The van der Waals surface area contributed by atoms with E-state index >= 15 is 0 Å². The minimum absolute atomic E-state index is 0.0561. The molecule has 29 heavy (non-hydrogen) atoms. The van der Waals surface area contributed by atoms with E-state index in [2.05, 4.69) is 5.32 Å². The van der Waals surface area contributed by atoms with Gasteiger partial charge >= 0.3 is 5.97 Å². The zero-order valence-electron chi connectivity index (χ0n) is 17.3. The van der Waals surface area contributed by atoms with Crippen LogP contribution < -0.4 is 5.32 Å². The number of thioether (sulfide) groups is 1. The van der Waals surface area contributed by atoms with Crippen molar-refractivity contribution in [2.75, 3.05) is 25.2 Å². The van der Waals surface area contributed by atoms with Crippen LogP contribution in [0.4, 0.5) is 5.69 Å². The zero-order chi connectivity index (χ0) is 21.6. The smallest absolute Gasteiger partial charge is 0.340 e. The van der Waals surface area contributed by atoms with Crippen LogP contribution in [-0.2, 0) is 14.3 Å². The van der Waals surface area contributed by atoms with Crippen molar-refractivity contribution < 1.29 is 19.1 Å². The molecule has 2 amide bonds. The highest BCUT2D eigenvalue weighted by Gasteiger charge is 2.22. The van der Waals surface area contributed by atoms with Crippen LogP contribution in [0.3, 0.4) is 0 Å². The third-order valence-corrected chi connectivity index (χ3v) is 5.31. The van der Waals surface area contributed by atoms with Crippen molar-refractivity contribution >= 4 is 35.2 Å². The molecule has 0 aliphatic rings. The predicted octanol–water partition coefficient (Wildman–Crippen LogP) is 3.67. The summed E-state index contributed by atoms with van der Waals surface area (Å²) >= 11 is 1.26. The summed E-state index contributed by atoms with van der Waals surface area (Å²) in [6, 6.07) is 12.6. The molecule has 0 saturated heterocycles. The van der Waals surface area contributed by atoms with Gasteiger partial charge in [-0.2, -0.15) is 0 Å². The number of nitrogens with one attached hydrogen (secondary N) is 1. The Balaban J connectivity index is 2.03. The highest BCUT2D eigenvalue weighted by molar-refractivity contribution is 8.00. The second-order valence-corrected chi connectivity index (χ2v) is 7.95. The molecule has 2 aromatic rings. The Labute approximate surface area is 175 Å². The lowest BCUT2D eigenvalue weighted by molar-refractivity contribution is -0.126.